The Bertz CT molecular complexity index is 1040. The first-order chi connectivity index (χ1) is 19.7. The van der Waals surface area contributed by atoms with Crippen LogP contribution in [0.25, 0.3) is 0 Å². The number of hydrogen-bond acceptors (Lipinski definition) is 9. The zero-order chi connectivity index (χ0) is 31.0. The number of rotatable bonds is 11. The van der Waals surface area contributed by atoms with Crippen LogP contribution < -0.4 is 10.6 Å². The second kappa shape index (κ2) is 12.8. The Morgan fingerprint density at radius 3 is 2.33 bits per heavy atom. The molecule has 1 spiro atoms. The molecule has 42 heavy (non-hydrogen) atoms. The van der Waals surface area contributed by atoms with Crippen molar-refractivity contribution in [1.82, 2.24) is 10.6 Å². The molecule has 0 aromatic carbocycles. The van der Waals surface area contributed by atoms with Gasteiger partial charge in [0.25, 0.3) is 0 Å². The molecule has 5 aliphatic rings. The minimum Gasteiger partial charge on any atom is -0.480 e. The molecule has 2 amide bonds. The highest BCUT2D eigenvalue weighted by molar-refractivity contribution is 5.91. The average Bonchev–Trinajstić information content (AvgIpc) is 3.13. The maximum Gasteiger partial charge on any atom is 0.326 e. The van der Waals surface area contributed by atoms with Gasteiger partial charge in [-0.25, -0.2) is 14.6 Å². The number of carboxylic acids is 1. The van der Waals surface area contributed by atoms with Gasteiger partial charge in [0.1, 0.15) is 12.1 Å². The third-order valence-corrected chi connectivity index (χ3v) is 9.49. The number of carbonyl (C=O) groups excluding carboxylic acids is 3. The summed E-state index contributed by atoms with van der Waals surface area (Å²) in [7, 11) is 0. The Kier molecular flexibility index (Phi) is 9.91. The molecule has 5 fully saturated rings. The van der Waals surface area contributed by atoms with Gasteiger partial charge in [0.05, 0.1) is 6.42 Å². The van der Waals surface area contributed by atoms with Gasteiger partial charge in [-0.1, -0.05) is 41.5 Å². The van der Waals surface area contributed by atoms with Gasteiger partial charge >= 0.3 is 11.9 Å². The number of fused-ring (bicyclic) bond motifs is 2. The van der Waals surface area contributed by atoms with E-state index in [-0.39, 0.29) is 42.4 Å². The predicted octanol–water partition coefficient (Wildman–Crippen LogP) is 3.27. The lowest BCUT2D eigenvalue weighted by atomic mass is 9.58. The van der Waals surface area contributed by atoms with Crippen molar-refractivity contribution in [2.24, 2.45) is 35.5 Å². The Labute approximate surface area is 247 Å². The van der Waals surface area contributed by atoms with Crippen molar-refractivity contribution in [3.8, 4) is 0 Å². The van der Waals surface area contributed by atoms with E-state index in [9.17, 15) is 24.3 Å². The smallest absolute Gasteiger partial charge is 0.326 e. The van der Waals surface area contributed by atoms with E-state index in [1.54, 1.807) is 13.8 Å². The van der Waals surface area contributed by atoms with E-state index in [1.165, 1.54) is 0 Å². The maximum atomic E-state index is 12.9. The fourth-order valence-electron chi connectivity index (χ4n) is 7.15. The predicted molar refractivity (Wildman–Crippen MR) is 148 cm³/mol. The van der Waals surface area contributed by atoms with Crippen LogP contribution in [-0.4, -0.2) is 64.9 Å². The van der Waals surface area contributed by atoms with Crippen molar-refractivity contribution in [3.05, 3.63) is 0 Å². The van der Waals surface area contributed by atoms with Gasteiger partial charge in [0.2, 0.25) is 23.9 Å². The van der Waals surface area contributed by atoms with Gasteiger partial charge in [-0.05, 0) is 56.3 Å². The van der Waals surface area contributed by atoms with E-state index in [0.29, 0.717) is 18.8 Å². The molecule has 5 rings (SSSR count). The van der Waals surface area contributed by atoms with E-state index < -0.39 is 59.8 Å². The highest BCUT2D eigenvalue weighted by Crippen LogP contribution is 2.60. The van der Waals surface area contributed by atoms with Crippen molar-refractivity contribution in [2.45, 2.75) is 129 Å². The van der Waals surface area contributed by atoms with Crippen LogP contribution in [-0.2, 0) is 43.2 Å². The normalized spacial score (nSPS) is 36.9. The summed E-state index contributed by atoms with van der Waals surface area (Å²) in [6, 6.07) is -2.01. The van der Waals surface area contributed by atoms with Gasteiger partial charge in [0.15, 0.2) is 11.9 Å². The summed E-state index contributed by atoms with van der Waals surface area (Å²) in [4.78, 5) is 62.0. The summed E-state index contributed by atoms with van der Waals surface area (Å²) in [5, 5.41) is 14.6. The van der Waals surface area contributed by atoms with Crippen LogP contribution in [0.2, 0.25) is 0 Å². The van der Waals surface area contributed by atoms with Crippen LogP contribution in [0.1, 0.15) is 93.4 Å². The molecule has 0 unspecified atom stereocenters. The first-order valence-electron chi connectivity index (χ1n) is 15.4. The number of amides is 2. The highest BCUT2D eigenvalue weighted by Gasteiger charge is 2.69. The van der Waals surface area contributed by atoms with Crippen molar-refractivity contribution < 1.29 is 48.3 Å². The molecule has 0 radical (unpaired) electrons. The maximum absolute atomic E-state index is 12.9. The van der Waals surface area contributed by atoms with Crippen LogP contribution in [0.4, 0.5) is 0 Å². The fraction of sp³-hybridized carbons (Fsp3) is 0.867. The number of aliphatic carboxylic acids is 1. The van der Waals surface area contributed by atoms with Gasteiger partial charge in [0, 0.05) is 24.7 Å². The summed E-state index contributed by atoms with van der Waals surface area (Å²) in [5.74, 6) is -3.63. The summed E-state index contributed by atoms with van der Waals surface area (Å²) >= 11 is 0. The molecule has 1 aliphatic carbocycles. The van der Waals surface area contributed by atoms with Crippen LogP contribution in [0.5, 0.6) is 0 Å². The Hall–Kier alpha value is -2.28. The van der Waals surface area contributed by atoms with E-state index in [0.717, 1.165) is 19.3 Å². The minimum atomic E-state index is -1.14. The molecule has 12 nitrogen and oxygen atoms in total. The first-order valence-corrected chi connectivity index (χ1v) is 15.4. The molecule has 0 aromatic heterocycles. The molecule has 3 N–H and O–H groups in total. The van der Waals surface area contributed by atoms with E-state index in [1.807, 2.05) is 27.7 Å². The van der Waals surface area contributed by atoms with Gasteiger partial charge in [-0.2, -0.15) is 0 Å². The summed E-state index contributed by atoms with van der Waals surface area (Å²) in [6.07, 6.45) is 1.73. The van der Waals surface area contributed by atoms with Gasteiger partial charge in [-0.15, -0.1) is 0 Å². The lowest BCUT2D eigenvalue weighted by Gasteiger charge is -2.59. The van der Waals surface area contributed by atoms with Crippen LogP contribution >= 0.6 is 0 Å². The van der Waals surface area contributed by atoms with E-state index in [2.05, 4.69) is 17.6 Å². The molecule has 0 aromatic rings. The minimum absolute atomic E-state index is 0.00281. The second-order valence-corrected chi connectivity index (χ2v) is 13.6. The van der Waals surface area contributed by atoms with E-state index in [4.69, 9.17) is 24.0 Å². The van der Waals surface area contributed by atoms with Crippen LogP contribution in [0.3, 0.4) is 0 Å². The van der Waals surface area contributed by atoms with Crippen molar-refractivity contribution in [3.63, 3.8) is 0 Å². The molecule has 12 heteroatoms. The third-order valence-electron chi connectivity index (χ3n) is 9.49. The quantitative estimate of drug-likeness (QED) is 0.239. The molecular formula is C30H48N2O10. The summed E-state index contributed by atoms with van der Waals surface area (Å²) < 4.78 is 18.3. The molecule has 4 saturated heterocycles. The zero-order valence-electron chi connectivity index (χ0n) is 25.8. The average molecular weight is 597 g/mol. The van der Waals surface area contributed by atoms with Crippen molar-refractivity contribution in [2.75, 3.05) is 0 Å². The number of carboxylic acid groups (broad SMARTS) is 1. The summed E-state index contributed by atoms with van der Waals surface area (Å²) in [6.45, 7) is 13.2. The monoisotopic (exact) mass is 596 g/mol. The van der Waals surface area contributed by atoms with Crippen LogP contribution in [0.15, 0.2) is 0 Å². The number of esters is 1. The van der Waals surface area contributed by atoms with E-state index >= 15 is 0 Å². The Balaban J connectivity index is 1.35. The third kappa shape index (κ3) is 6.61. The van der Waals surface area contributed by atoms with Gasteiger partial charge in [-0.3, -0.25) is 14.4 Å². The lowest BCUT2D eigenvalue weighted by molar-refractivity contribution is -0.576. The molecule has 4 heterocycles. The van der Waals surface area contributed by atoms with Gasteiger partial charge < -0.3 is 30.0 Å². The lowest BCUT2D eigenvalue weighted by Crippen LogP contribution is -2.70. The number of ether oxygens (including phenoxy) is 3. The van der Waals surface area contributed by atoms with Crippen LogP contribution in [0, 0.1) is 35.5 Å². The SMILES string of the molecule is CC(C)C[C@H](NC(=O)CCC(=O)O[C@@H]1O[C@H]2O[C@]3(C)CC[C@H]4[C@H](C)CC[C@H]([C@H]1C)[C@@]24OO3)C(=O)N[C@H](C(=O)O)C(C)C. The van der Waals surface area contributed by atoms with Crippen molar-refractivity contribution in [1.29, 1.82) is 0 Å². The number of carbonyl (C=O) groups is 4. The first kappa shape index (κ1) is 32.6. The van der Waals surface area contributed by atoms with Crippen molar-refractivity contribution >= 4 is 23.8 Å². The standard InChI is InChI=1S/C30H48N2O10/c1-15(2)14-21(25(35)32-24(16(3)4)26(36)37)31-22(33)10-11-23(34)38-27-18(6)20-9-8-17(5)19-12-13-29(7)40-28(39-27)30(19,20)42-41-29/h15-21,24,27-28H,8-14H2,1-7H3,(H,31,33)(H,32,35)(H,36,37)/t17-,18-,19+,20-,21+,24+,27-,28+,29+,30-/m1/s1. The topological polar surface area (TPSA) is 159 Å². The Morgan fingerprint density at radius 1 is 0.976 bits per heavy atom. The fourth-order valence-corrected chi connectivity index (χ4v) is 7.15. The highest BCUT2D eigenvalue weighted by atomic mass is 17.3. The molecule has 4 aliphatic heterocycles. The second-order valence-electron chi connectivity index (χ2n) is 13.6. The molecule has 238 valence electrons. The zero-order valence-corrected chi connectivity index (χ0v) is 25.8. The number of nitrogens with one attached hydrogen (secondary N) is 2. The molecule has 2 bridgehead atoms. The number of hydrogen-bond donors (Lipinski definition) is 3. The Morgan fingerprint density at radius 2 is 1.69 bits per heavy atom. The summed E-state index contributed by atoms with van der Waals surface area (Å²) in [5.41, 5.74) is -0.767. The molecule has 1 saturated carbocycles. The molecule has 10 atom stereocenters. The molecular weight excluding hydrogens is 548 g/mol. The largest absolute Gasteiger partial charge is 0.480 e.